The lowest BCUT2D eigenvalue weighted by Crippen LogP contribution is -2.60. The monoisotopic (exact) mass is 837 g/mol. The highest BCUT2D eigenvalue weighted by Gasteiger charge is 2.62. The standard InChI is InChI=1S/C39H50F3N5O10S/c1-22-8-6-7-9-25-19-38(25,35(50)46-58(52,53)28-11-12-28)45-32(48)30-18-27(56-33-29-13-10-26(55-5)17-23(29)14-15-43-33)20-47(30)34(49)31(24(16-22)21-54-4)44-36(51)57-37(2,3)39(40,41)42/h7,9-10,13-15,17,22,24-25,27-28,30-31H,6,8,11-12,16,18-21H2,1-5H3,(H,44,51)(H,45,48)(H,46,50)/b9-7-/t22-,24-,25?,27+,30-,31-,38+/m0/s1. The Morgan fingerprint density at radius 1 is 1.09 bits per heavy atom. The zero-order valence-electron chi connectivity index (χ0n) is 33.0. The number of carbonyl (C=O) groups excluding carboxylic acids is 4. The predicted octanol–water partition coefficient (Wildman–Crippen LogP) is 4.15. The molecule has 3 heterocycles. The van der Waals surface area contributed by atoms with Gasteiger partial charge in [-0.3, -0.25) is 19.1 Å². The van der Waals surface area contributed by atoms with Crippen LogP contribution >= 0.6 is 0 Å². The first-order chi connectivity index (χ1) is 27.3. The van der Waals surface area contributed by atoms with Crippen LogP contribution in [0, 0.1) is 17.8 Å². The molecule has 1 saturated heterocycles. The zero-order chi connectivity index (χ0) is 42.2. The van der Waals surface area contributed by atoms with Crippen molar-refractivity contribution in [2.24, 2.45) is 17.8 Å². The minimum atomic E-state index is -4.94. The summed E-state index contributed by atoms with van der Waals surface area (Å²) in [6, 6.07) is 4.10. The Hall–Kier alpha value is -4.65. The van der Waals surface area contributed by atoms with E-state index in [9.17, 15) is 40.8 Å². The van der Waals surface area contributed by atoms with Crippen molar-refractivity contribution in [2.75, 3.05) is 27.4 Å². The van der Waals surface area contributed by atoms with Gasteiger partial charge in [-0.1, -0.05) is 19.1 Å². The van der Waals surface area contributed by atoms with Crippen LogP contribution in [-0.4, -0.2) is 110 Å². The third kappa shape index (κ3) is 9.29. The lowest BCUT2D eigenvalue weighted by molar-refractivity contribution is -0.244. The van der Waals surface area contributed by atoms with Crippen LogP contribution in [0.15, 0.2) is 42.6 Å². The fourth-order valence-electron chi connectivity index (χ4n) is 7.65. The Morgan fingerprint density at radius 3 is 2.50 bits per heavy atom. The first-order valence-electron chi connectivity index (χ1n) is 19.3. The molecule has 0 radical (unpaired) electrons. The molecule has 7 atom stereocenters. The number of hydrogen-bond acceptors (Lipinski definition) is 11. The molecule has 6 rings (SSSR count). The number of nitrogens with zero attached hydrogens (tertiary/aromatic N) is 2. The molecule has 4 aliphatic rings. The highest BCUT2D eigenvalue weighted by Crippen LogP contribution is 2.46. The Labute approximate surface area is 334 Å². The van der Waals surface area contributed by atoms with E-state index in [1.54, 1.807) is 30.3 Å². The maximum atomic E-state index is 14.9. The Balaban J connectivity index is 1.37. The molecular formula is C39H50F3N5O10S. The number of halogens is 3. The number of nitrogens with one attached hydrogen (secondary N) is 3. The molecule has 4 amide bonds. The van der Waals surface area contributed by atoms with Gasteiger partial charge in [0, 0.05) is 36.9 Å². The molecule has 2 saturated carbocycles. The van der Waals surface area contributed by atoms with Gasteiger partial charge in [0.15, 0.2) is 0 Å². The van der Waals surface area contributed by atoms with Crippen molar-refractivity contribution < 1.29 is 59.7 Å². The average Bonchev–Trinajstić information content (AvgIpc) is 4.08. The molecule has 3 fully saturated rings. The van der Waals surface area contributed by atoms with E-state index in [-0.39, 0.29) is 44.2 Å². The quantitative estimate of drug-likeness (QED) is 0.292. The number of carbonyl (C=O) groups is 4. The van der Waals surface area contributed by atoms with E-state index in [0.717, 1.165) is 5.39 Å². The van der Waals surface area contributed by atoms with Crippen LogP contribution in [0.1, 0.15) is 65.7 Å². The third-order valence-corrected chi connectivity index (χ3v) is 13.2. The number of alkyl carbamates (subject to hydrolysis) is 1. The van der Waals surface area contributed by atoms with Gasteiger partial charge in [0.2, 0.25) is 33.3 Å². The number of hydrogen-bond donors (Lipinski definition) is 3. The predicted molar refractivity (Wildman–Crippen MR) is 203 cm³/mol. The van der Waals surface area contributed by atoms with Crippen molar-refractivity contribution in [2.45, 2.75) is 106 Å². The number of pyridine rings is 1. The Bertz CT molecular complexity index is 2040. The number of ether oxygens (including phenoxy) is 4. The third-order valence-electron chi connectivity index (χ3n) is 11.3. The second-order valence-electron chi connectivity index (χ2n) is 16.2. The molecule has 2 aliphatic heterocycles. The fraction of sp³-hybridized carbons (Fsp3) is 0.615. The minimum absolute atomic E-state index is 0.0889. The van der Waals surface area contributed by atoms with Gasteiger partial charge in [-0.15, -0.1) is 0 Å². The lowest BCUT2D eigenvalue weighted by Gasteiger charge is -2.35. The van der Waals surface area contributed by atoms with E-state index in [0.29, 0.717) is 50.7 Å². The van der Waals surface area contributed by atoms with Crippen LogP contribution in [-0.2, 0) is 33.9 Å². The van der Waals surface area contributed by atoms with Gasteiger partial charge in [-0.25, -0.2) is 18.2 Å². The molecule has 58 heavy (non-hydrogen) atoms. The SMILES string of the molecule is COC[C@@H]1C[C@@H](C)CC/C=C\C2C[C@@]2(C(=O)NS(=O)(=O)C2CC2)NC(=O)[C@@H]2C[C@@H](Oc3nccc4cc(OC)ccc34)CN2C(=O)[C@H]1NC(=O)OC(C)(C)C(F)(F)F. The molecule has 2 aromatic rings. The number of rotatable bonds is 10. The van der Waals surface area contributed by atoms with Gasteiger partial charge < -0.3 is 34.5 Å². The molecule has 0 spiro atoms. The number of allylic oxidation sites excluding steroid dienone is 1. The summed E-state index contributed by atoms with van der Waals surface area (Å²) in [5, 5.41) is 5.79. The normalized spacial score (nSPS) is 28.9. The van der Waals surface area contributed by atoms with Crippen LogP contribution in [0.25, 0.3) is 10.8 Å². The van der Waals surface area contributed by atoms with Crippen molar-refractivity contribution in [3.05, 3.63) is 42.6 Å². The summed E-state index contributed by atoms with van der Waals surface area (Å²) < 4.78 is 91.3. The molecule has 318 valence electrons. The van der Waals surface area contributed by atoms with Crippen molar-refractivity contribution in [1.29, 1.82) is 0 Å². The molecular weight excluding hydrogens is 788 g/mol. The van der Waals surface area contributed by atoms with Crippen LogP contribution in [0.2, 0.25) is 0 Å². The van der Waals surface area contributed by atoms with Crippen molar-refractivity contribution >= 4 is 44.6 Å². The summed E-state index contributed by atoms with van der Waals surface area (Å²) in [6.07, 6.45) is -0.0381. The van der Waals surface area contributed by atoms with Crippen LogP contribution in [0.3, 0.4) is 0 Å². The summed E-state index contributed by atoms with van der Waals surface area (Å²) in [5.41, 5.74) is -4.56. The second kappa shape index (κ2) is 16.5. The zero-order valence-corrected chi connectivity index (χ0v) is 33.8. The van der Waals surface area contributed by atoms with Gasteiger partial charge >= 0.3 is 12.3 Å². The number of benzene rings is 1. The highest BCUT2D eigenvalue weighted by molar-refractivity contribution is 7.91. The van der Waals surface area contributed by atoms with Gasteiger partial charge in [-0.2, -0.15) is 13.2 Å². The van der Waals surface area contributed by atoms with Crippen molar-refractivity contribution in [1.82, 2.24) is 25.2 Å². The van der Waals surface area contributed by atoms with E-state index in [2.05, 4.69) is 20.3 Å². The Morgan fingerprint density at radius 2 is 1.83 bits per heavy atom. The van der Waals surface area contributed by atoms with Gasteiger partial charge in [-0.05, 0) is 87.9 Å². The van der Waals surface area contributed by atoms with Crippen molar-refractivity contribution in [3.63, 3.8) is 0 Å². The maximum Gasteiger partial charge on any atom is 0.427 e. The second-order valence-corrected chi connectivity index (χ2v) is 18.2. The molecule has 15 nitrogen and oxygen atoms in total. The molecule has 19 heteroatoms. The Kier molecular flexibility index (Phi) is 12.2. The first kappa shape index (κ1) is 42.9. The summed E-state index contributed by atoms with van der Waals surface area (Å²) >= 11 is 0. The number of aromatic nitrogens is 1. The lowest BCUT2D eigenvalue weighted by atomic mass is 9.87. The molecule has 1 unspecified atom stereocenters. The fourth-order valence-corrected chi connectivity index (χ4v) is 9.01. The maximum absolute atomic E-state index is 14.9. The summed E-state index contributed by atoms with van der Waals surface area (Å²) in [5.74, 6) is -3.19. The summed E-state index contributed by atoms with van der Waals surface area (Å²) in [6.45, 7) is 2.95. The highest BCUT2D eigenvalue weighted by atomic mass is 32.2. The van der Waals surface area contributed by atoms with Crippen LogP contribution in [0.4, 0.5) is 18.0 Å². The molecule has 1 aromatic heterocycles. The molecule has 1 aromatic carbocycles. The van der Waals surface area contributed by atoms with E-state index in [4.69, 9.17) is 18.9 Å². The number of fused-ring (bicyclic) bond motifs is 3. The number of methoxy groups -OCH3 is 2. The summed E-state index contributed by atoms with van der Waals surface area (Å²) in [4.78, 5) is 62.0. The molecule has 2 aliphatic carbocycles. The van der Waals surface area contributed by atoms with Crippen LogP contribution in [0.5, 0.6) is 11.6 Å². The van der Waals surface area contributed by atoms with Crippen molar-refractivity contribution in [3.8, 4) is 11.6 Å². The van der Waals surface area contributed by atoms with E-state index < -0.39 is 86.4 Å². The van der Waals surface area contributed by atoms with E-state index in [1.807, 2.05) is 13.0 Å². The van der Waals surface area contributed by atoms with E-state index in [1.165, 1.54) is 25.3 Å². The van der Waals surface area contributed by atoms with Gasteiger partial charge in [0.05, 0.1) is 25.5 Å². The molecule has 0 bridgehead atoms. The number of alkyl halides is 3. The smallest absolute Gasteiger partial charge is 0.427 e. The van der Waals surface area contributed by atoms with Gasteiger partial charge in [0.25, 0.3) is 5.91 Å². The minimum Gasteiger partial charge on any atom is -0.497 e. The van der Waals surface area contributed by atoms with Crippen LogP contribution < -0.4 is 24.8 Å². The largest absolute Gasteiger partial charge is 0.497 e. The summed E-state index contributed by atoms with van der Waals surface area (Å²) in [7, 11) is -1.08. The average molecular weight is 838 g/mol. The van der Waals surface area contributed by atoms with E-state index >= 15 is 0 Å². The van der Waals surface area contributed by atoms with Gasteiger partial charge in [0.1, 0.15) is 29.5 Å². The number of sulfonamides is 1. The first-order valence-corrected chi connectivity index (χ1v) is 20.8. The molecule has 3 N–H and O–H groups in total. The topological polar surface area (TPSA) is 192 Å². The number of amides is 4.